The van der Waals surface area contributed by atoms with Crippen molar-refractivity contribution < 1.29 is 5.11 Å². The molecule has 3 heteroatoms. The molecule has 0 saturated heterocycles. The van der Waals surface area contributed by atoms with Crippen LogP contribution in [0.5, 0.6) is 0 Å². The molecule has 2 aromatic carbocycles. The molecule has 0 aromatic heterocycles. The molecule has 0 fully saturated rings. The van der Waals surface area contributed by atoms with Crippen LogP contribution in [0.2, 0.25) is 0 Å². The number of rotatable bonds is 3. The lowest BCUT2D eigenvalue weighted by atomic mass is 9.93. The lowest BCUT2D eigenvalue weighted by Gasteiger charge is -2.37. The standard InChI is InChI=1S/C16H16N2O/c19-16(18-12-11-17-13-18,14-7-3-1-4-8-14)15-9-5-2-6-10-15/h1-10,13,19H,11-12H2. The van der Waals surface area contributed by atoms with Crippen LogP contribution < -0.4 is 0 Å². The second-order valence-electron chi connectivity index (χ2n) is 4.62. The number of benzene rings is 2. The Kier molecular flexibility index (Phi) is 3.05. The molecule has 0 atom stereocenters. The summed E-state index contributed by atoms with van der Waals surface area (Å²) in [6.07, 6.45) is 1.74. The minimum absolute atomic E-state index is 0.723. The fourth-order valence-corrected chi connectivity index (χ4v) is 2.46. The number of nitrogens with zero attached hydrogens (tertiary/aromatic N) is 2. The van der Waals surface area contributed by atoms with Gasteiger partial charge in [-0.3, -0.25) is 4.99 Å². The first-order chi connectivity index (χ1) is 9.32. The summed E-state index contributed by atoms with van der Waals surface area (Å²) >= 11 is 0. The summed E-state index contributed by atoms with van der Waals surface area (Å²) in [6.45, 7) is 1.45. The topological polar surface area (TPSA) is 35.8 Å². The van der Waals surface area contributed by atoms with Gasteiger partial charge in [-0.25, -0.2) is 0 Å². The number of aliphatic hydroxyl groups is 1. The molecule has 0 spiro atoms. The molecule has 0 unspecified atom stereocenters. The SMILES string of the molecule is OC(c1ccccc1)(c1ccccc1)N1C=NCC1. The Morgan fingerprint density at radius 3 is 1.84 bits per heavy atom. The molecular weight excluding hydrogens is 236 g/mol. The zero-order valence-electron chi connectivity index (χ0n) is 10.6. The van der Waals surface area contributed by atoms with Crippen molar-refractivity contribution in [3.05, 3.63) is 71.8 Å². The van der Waals surface area contributed by atoms with Crippen molar-refractivity contribution >= 4 is 6.34 Å². The molecule has 19 heavy (non-hydrogen) atoms. The molecule has 96 valence electrons. The maximum absolute atomic E-state index is 11.3. The van der Waals surface area contributed by atoms with Crippen LogP contribution >= 0.6 is 0 Å². The van der Waals surface area contributed by atoms with Crippen LogP contribution in [0.4, 0.5) is 0 Å². The van der Waals surface area contributed by atoms with Crippen molar-refractivity contribution in [3.63, 3.8) is 0 Å². The Morgan fingerprint density at radius 1 is 0.895 bits per heavy atom. The molecule has 0 aliphatic carbocycles. The van der Waals surface area contributed by atoms with Crippen LogP contribution in [0.3, 0.4) is 0 Å². The quantitative estimate of drug-likeness (QED) is 0.909. The van der Waals surface area contributed by atoms with Crippen molar-refractivity contribution in [2.24, 2.45) is 4.99 Å². The Labute approximate surface area is 112 Å². The van der Waals surface area contributed by atoms with Gasteiger partial charge in [-0.1, -0.05) is 60.7 Å². The summed E-state index contributed by atoms with van der Waals surface area (Å²) in [7, 11) is 0. The number of aliphatic imine (C=N–C) groups is 1. The van der Waals surface area contributed by atoms with Gasteiger partial charge in [-0.15, -0.1) is 0 Å². The largest absolute Gasteiger partial charge is 0.363 e. The van der Waals surface area contributed by atoms with Crippen molar-refractivity contribution in [1.82, 2.24) is 4.90 Å². The third-order valence-electron chi connectivity index (χ3n) is 3.46. The number of hydrogen-bond acceptors (Lipinski definition) is 3. The number of hydrogen-bond donors (Lipinski definition) is 1. The molecule has 1 heterocycles. The Hall–Kier alpha value is -2.13. The summed E-state index contributed by atoms with van der Waals surface area (Å²) in [5, 5.41) is 11.3. The summed E-state index contributed by atoms with van der Waals surface area (Å²) in [5.41, 5.74) is 0.562. The van der Waals surface area contributed by atoms with Gasteiger partial charge in [0.25, 0.3) is 0 Å². The van der Waals surface area contributed by atoms with Gasteiger partial charge in [-0.2, -0.15) is 0 Å². The Bertz CT molecular complexity index is 526. The molecule has 3 nitrogen and oxygen atoms in total. The summed E-state index contributed by atoms with van der Waals surface area (Å²) < 4.78 is 0. The highest BCUT2D eigenvalue weighted by atomic mass is 16.3. The fraction of sp³-hybridized carbons (Fsp3) is 0.188. The highest BCUT2D eigenvalue weighted by molar-refractivity contribution is 5.60. The second-order valence-corrected chi connectivity index (χ2v) is 4.62. The third-order valence-corrected chi connectivity index (χ3v) is 3.46. The lowest BCUT2D eigenvalue weighted by molar-refractivity contribution is -0.0294. The molecule has 0 saturated carbocycles. The maximum atomic E-state index is 11.3. The van der Waals surface area contributed by atoms with Crippen molar-refractivity contribution in [1.29, 1.82) is 0 Å². The predicted octanol–water partition coefficient (Wildman–Crippen LogP) is 2.22. The first-order valence-corrected chi connectivity index (χ1v) is 6.42. The van der Waals surface area contributed by atoms with Crippen LogP contribution in [-0.2, 0) is 5.72 Å². The van der Waals surface area contributed by atoms with Crippen molar-refractivity contribution in [2.75, 3.05) is 13.1 Å². The lowest BCUT2D eigenvalue weighted by Crippen LogP contribution is -2.45. The summed E-state index contributed by atoms with van der Waals surface area (Å²) in [5.74, 6) is 0. The minimum atomic E-state index is -1.15. The molecule has 0 radical (unpaired) electrons. The van der Waals surface area contributed by atoms with E-state index in [1.54, 1.807) is 6.34 Å². The average Bonchev–Trinajstić information content (AvgIpc) is 3.03. The van der Waals surface area contributed by atoms with E-state index >= 15 is 0 Å². The molecule has 0 amide bonds. The Balaban J connectivity index is 2.13. The smallest absolute Gasteiger partial charge is 0.192 e. The van der Waals surface area contributed by atoms with Crippen LogP contribution in [0.25, 0.3) is 0 Å². The zero-order chi connectivity index (χ0) is 13.1. The Morgan fingerprint density at radius 2 is 1.42 bits per heavy atom. The minimum Gasteiger partial charge on any atom is -0.363 e. The molecule has 3 rings (SSSR count). The van der Waals surface area contributed by atoms with E-state index in [1.807, 2.05) is 65.6 Å². The van der Waals surface area contributed by atoms with Gasteiger partial charge in [0.05, 0.1) is 12.9 Å². The zero-order valence-corrected chi connectivity index (χ0v) is 10.6. The van der Waals surface area contributed by atoms with Gasteiger partial charge in [-0.05, 0) is 0 Å². The second kappa shape index (κ2) is 4.86. The van der Waals surface area contributed by atoms with Gasteiger partial charge in [0, 0.05) is 17.7 Å². The highest BCUT2D eigenvalue weighted by Crippen LogP contribution is 2.33. The van der Waals surface area contributed by atoms with Gasteiger partial charge >= 0.3 is 0 Å². The molecule has 1 aliphatic heterocycles. The van der Waals surface area contributed by atoms with E-state index in [2.05, 4.69) is 4.99 Å². The summed E-state index contributed by atoms with van der Waals surface area (Å²) in [6, 6.07) is 19.4. The first-order valence-electron chi connectivity index (χ1n) is 6.42. The molecular formula is C16H16N2O. The summed E-state index contributed by atoms with van der Waals surface area (Å²) in [4.78, 5) is 6.11. The molecule has 2 aromatic rings. The van der Waals surface area contributed by atoms with Crippen LogP contribution in [0, 0.1) is 0 Å². The van der Waals surface area contributed by atoms with Gasteiger partial charge in [0.2, 0.25) is 0 Å². The molecule has 0 bridgehead atoms. The van der Waals surface area contributed by atoms with Crippen molar-refractivity contribution in [3.8, 4) is 0 Å². The highest BCUT2D eigenvalue weighted by Gasteiger charge is 2.37. The van der Waals surface area contributed by atoms with Gasteiger partial charge < -0.3 is 10.0 Å². The average molecular weight is 252 g/mol. The maximum Gasteiger partial charge on any atom is 0.192 e. The van der Waals surface area contributed by atoms with Crippen LogP contribution in [0.15, 0.2) is 65.7 Å². The van der Waals surface area contributed by atoms with E-state index in [-0.39, 0.29) is 0 Å². The molecule has 1 aliphatic rings. The van der Waals surface area contributed by atoms with E-state index in [9.17, 15) is 5.11 Å². The van der Waals surface area contributed by atoms with E-state index in [0.29, 0.717) is 0 Å². The first kappa shape index (κ1) is 11.9. The normalized spacial score (nSPS) is 14.9. The predicted molar refractivity (Wildman–Crippen MR) is 75.9 cm³/mol. The van der Waals surface area contributed by atoms with Crippen molar-refractivity contribution in [2.45, 2.75) is 5.72 Å². The molecule has 1 N–H and O–H groups in total. The third kappa shape index (κ3) is 2.02. The van der Waals surface area contributed by atoms with Gasteiger partial charge in [0.15, 0.2) is 5.72 Å². The van der Waals surface area contributed by atoms with Gasteiger partial charge in [0.1, 0.15) is 0 Å². The monoisotopic (exact) mass is 252 g/mol. The fourth-order valence-electron chi connectivity index (χ4n) is 2.46. The van der Waals surface area contributed by atoms with E-state index in [4.69, 9.17) is 0 Å². The van der Waals surface area contributed by atoms with E-state index < -0.39 is 5.72 Å². The van der Waals surface area contributed by atoms with Crippen LogP contribution in [-0.4, -0.2) is 29.4 Å². The van der Waals surface area contributed by atoms with E-state index in [1.165, 1.54) is 0 Å². The van der Waals surface area contributed by atoms with Crippen LogP contribution in [0.1, 0.15) is 11.1 Å². The van der Waals surface area contributed by atoms with E-state index in [0.717, 1.165) is 24.2 Å².